The Morgan fingerprint density at radius 1 is 0.941 bits per heavy atom. The lowest BCUT2D eigenvalue weighted by Crippen LogP contribution is -2.30. The topological polar surface area (TPSA) is 94.2 Å². The van der Waals surface area contributed by atoms with Crippen LogP contribution >= 0.6 is 0 Å². The highest BCUT2D eigenvalue weighted by Gasteiger charge is 2.19. The van der Waals surface area contributed by atoms with E-state index < -0.39 is 17.6 Å². The maximum Gasteiger partial charge on any atom is 0.353 e. The van der Waals surface area contributed by atoms with Crippen LogP contribution in [-0.4, -0.2) is 31.3 Å². The lowest BCUT2D eigenvalue weighted by atomic mass is 9.99. The Balaban J connectivity index is 1.66. The van der Waals surface area contributed by atoms with Gasteiger partial charge in [0.25, 0.3) is 5.91 Å². The van der Waals surface area contributed by atoms with Crippen LogP contribution in [0.1, 0.15) is 38.5 Å². The molecule has 0 radical (unpaired) electrons. The summed E-state index contributed by atoms with van der Waals surface area (Å²) in [6, 6.07) is 22.5. The second-order valence-electron chi connectivity index (χ2n) is 7.62. The van der Waals surface area contributed by atoms with Crippen molar-refractivity contribution in [2.75, 3.05) is 0 Å². The molecule has 0 bridgehead atoms. The quantitative estimate of drug-likeness (QED) is 0.432. The van der Waals surface area contributed by atoms with Gasteiger partial charge in [-0.3, -0.25) is 9.36 Å². The van der Waals surface area contributed by atoms with Gasteiger partial charge in [-0.15, -0.1) is 22.1 Å². The van der Waals surface area contributed by atoms with Crippen molar-refractivity contribution in [2.24, 2.45) is 0 Å². The number of hydrogen-bond donors (Lipinski definition) is 1. The fourth-order valence-electron chi connectivity index (χ4n) is 3.69. The van der Waals surface area contributed by atoms with Crippen molar-refractivity contribution in [3.8, 4) is 23.5 Å². The Kier molecular flexibility index (Phi) is 6.51. The Hall–Kier alpha value is -4.70. The maximum absolute atomic E-state index is 13.1. The number of terminal acetylenes is 1. The molecule has 168 valence electrons. The summed E-state index contributed by atoms with van der Waals surface area (Å²) < 4.78 is 2.32. The van der Waals surface area contributed by atoms with Crippen LogP contribution in [0.2, 0.25) is 0 Å². The molecule has 4 aromatic rings. The summed E-state index contributed by atoms with van der Waals surface area (Å²) in [5.74, 6) is 1.46. The first-order chi connectivity index (χ1) is 16.5. The minimum absolute atomic E-state index is 0.196. The molecule has 1 N–H and O–H groups in total. The SMILES string of the molecule is C#CCCc1nn(C(=O)c2ccccc2)c(=O)n1Cc1ccc(-c2ccccc2C(=O)O)cc1. The zero-order valence-corrected chi connectivity index (χ0v) is 18.2. The van der Waals surface area contributed by atoms with Crippen LogP contribution in [0.5, 0.6) is 0 Å². The van der Waals surface area contributed by atoms with Crippen molar-refractivity contribution < 1.29 is 14.7 Å². The maximum atomic E-state index is 13.1. The van der Waals surface area contributed by atoms with Crippen LogP contribution < -0.4 is 5.69 Å². The smallest absolute Gasteiger partial charge is 0.353 e. The molecule has 1 heterocycles. The Bertz CT molecular complexity index is 1440. The molecule has 7 heteroatoms. The summed E-state index contributed by atoms with van der Waals surface area (Å²) in [5.41, 5.74) is 2.18. The van der Waals surface area contributed by atoms with Gasteiger partial charge in [-0.05, 0) is 34.9 Å². The van der Waals surface area contributed by atoms with Gasteiger partial charge in [0.15, 0.2) is 0 Å². The fourth-order valence-corrected chi connectivity index (χ4v) is 3.69. The van der Waals surface area contributed by atoms with E-state index in [-0.39, 0.29) is 12.1 Å². The van der Waals surface area contributed by atoms with Crippen LogP contribution in [0.4, 0.5) is 0 Å². The standard InChI is InChI=1S/C27H21N3O4/c1-2-3-13-24-28-30(25(31)21-9-5-4-6-10-21)27(34)29(24)18-19-14-16-20(17-15-19)22-11-7-8-12-23(22)26(32)33/h1,4-12,14-17H,3,13,18H2,(H,32,33). The van der Waals surface area contributed by atoms with Crippen molar-refractivity contribution in [1.82, 2.24) is 14.3 Å². The van der Waals surface area contributed by atoms with E-state index in [1.165, 1.54) is 4.57 Å². The largest absolute Gasteiger partial charge is 0.478 e. The lowest BCUT2D eigenvalue weighted by Gasteiger charge is -2.09. The first kappa shape index (κ1) is 22.5. The number of hydrogen-bond acceptors (Lipinski definition) is 4. The molecule has 7 nitrogen and oxygen atoms in total. The normalized spacial score (nSPS) is 10.6. The highest BCUT2D eigenvalue weighted by atomic mass is 16.4. The average Bonchev–Trinajstić information content (AvgIpc) is 3.18. The molecule has 34 heavy (non-hydrogen) atoms. The molecule has 0 aliphatic heterocycles. The van der Waals surface area contributed by atoms with Crippen LogP contribution in [0, 0.1) is 12.3 Å². The van der Waals surface area contributed by atoms with E-state index in [1.54, 1.807) is 54.6 Å². The molecule has 0 saturated heterocycles. The van der Waals surface area contributed by atoms with E-state index in [0.717, 1.165) is 15.8 Å². The second-order valence-corrected chi connectivity index (χ2v) is 7.62. The van der Waals surface area contributed by atoms with Gasteiger partial charge in [0.2, 0.25) is 0 Å². The monoisotopic (exact) mass is 451 g/mol. The van der Waals surface area contributed by atoms with E-state index in [9.17, 15) is 19.5 Å². The van der Waals surface area contributed by atoms with E-state index in [1.807, 2.05) is 24.3 Å². The second kappa shape index (κ2) is 9.84. The molecule has 0 aliphatic rings. The number of aromatic carboxylic acids is 1. The molecule has 0 unspecified atom stereocenters. The number of carboxylic acids is 1. The van der Waals surface area contributed by atoms with Crippen LogP contribution in [0.25, 0.3) is 11.1 Å². The molecule has 0 fully saturated rings. The summed E-state index contributed by atoms with van der Waals surface area (Å²) in [5, 5.41) is 13.7. The predicted molar refractivity (Wildman–Crippen MR) is 128 cm³/mol. The van der Waals surface area contributed by atoms with Crippen molar-refractivity contribution in [1.29, 1.82) is 0 Å². The number of carboxylic acid groups (broad SMARTS) is 1. The highest BCUT2D eigenvalue weighted by molar-refractivity contribution is 5.96. The van der Waals surface area contributed by atoms with Crippen LogP contribution in [0.3, 0.4) is 0 Å². The zero-order chi connectivity index (χ0) is 24.1. The first-order valence-corrected chi connectivity index (χ1v) is 10.6. The van der Waals surface area contributed by atoms with Crippen molar-refractivity contribution in [3.63, 3.8) is 0 Å². The van der Waals surface area contributed by atoms with Gasteiger partial charge in [0, 0.05) is 18.4 Å². The van der Waals surface area contributed by atoms with Gasteiger partial charge in [0.05, 0.1) is 12.1 Å². The number of aromatic nitrogens is 3. The van der Waals surface area contributed by atoms with Gasteiger partial charge in [-0.2, -0.15) is 0 Å². The van der Waals surface area contributed by atoms with Crippen LogP contribution in [-0.2, 0) is 13.0 Å². The molecule has 0 aliphatic carbocycles. The molecule has 4 rings (SSSR count). The van der Waals surface area contributed by atoms with E-state index >= 15 is 0 Å². The molecule has 0 atom stereocenters. The Labute approximate surface area is 195 Å². The van der Waals surface area contributed by atoms with E-state index in [0.29, 0.717) is 29.8 Å². The van der Waals surface area contributed by atoms with Crippen molar-refractivity contribution >= 4 is 11.9 Å². The number of aryl methyl sites for hydroxylation is 1. The van der Waals surface area contributed by atoms with Crippen LogP contribution in [0.15, 0.2) is 83.7 Å². The van der Waals surface area contributed by atoms with Gasteiger partial charge < -0.3 is 5.11 Å². The third-order valence-corrected chi connectivity index (χ3v) is 5.41. The number of benzene rings is 3. The molecule has 3 aromatic carbocycles. The van der Waals surface area contributed by atoms with Gasteiger partial charge >= 0.3 is 11.7 Å². The van der Waals surface area contributed by atoms with Gasteiger partial charge in [0.1, 0.15) is 5.82 Å². The lowest BCUT2D eigenvalue weighted by molar-refractivity contribution is 0.0697. The fraction of sp³-hybridized carbons (Fsp3) is 0.111. The molecular weight excluding hydrogens is 430 g/mol. The molecular formula is C27H21N3O4. The zero-order valence-electron chi connectivity index (χ0n) is 18.2. The Morgan fingerprint density at radius 3 is 2.29 bits per heavy atom. The van der Waals surface area contributed by atoms with Gasteiger partial charge in [-0.1, -0.05) is 60.7 Å². The molecule has 1 aromatic heterocycles. The van der Waals surface area contributed by atoms with Gasteiger partial charge in [-0.25, -0.2) is 9.59 Å². The predicted octanol–water partition coefficient (Wildman–Crippen LogP) is 3.71. The van der Waals surface area contributed by atoms with Crippen molar-refractivity contribution in [3.05, 3.63) is 112 Å². The summed E-state index contributed by atoms with van der Waals surface area (Å²) >= 11 is 0. The highest BCUT2D eigenvalue weighted by Crippen LogP contribution is 2.24. The average molecular weight is 451 g/mol. The summed E-state index contributed by atoms with van der Waals surface area (Å²) in [7, 11) is 0. The number of rotatable bonds is 7. The number of nitrogens with zero attached hydrogens (tertiary/aromatic N) is 3. The number of carbonyl (C=O) groups excluding carboxylic acids is 1. The Morgan fingerprint density at radius 2 is 1.62 bits per heavy atom. The van der Waals surface area contributed by atoms with E-state index in [2.05, 4.69) is 11.0 Å². The summed E-state index contributed by atoms with van der Waals surface area (Å²) in [6.45, 7) is 0.196. The van der Waals surface area contributed by atoms with E-state index in [4.69, 9.17) is 6.42 Å². The molecule has 0 amide bonds. The molecule has 0 spiro atoms. The number of carbonyl (C=O) groups is 2. The minimum Gasteiger partial charge on any atom is -0.478 e. The summed E-state index contributed by atoms with van der Waals surface area (Å²) in [4.78, 5) is 37.5. The minimum atomic E-state index is -1.00. The third kappa shape index (κ3) is 4.57. The molecule has 0 saturated carbocycles. The third-order valence-electron chi connectivity index (χ3n) is 5.41. The first-order valence-electron chi connectivity index (χ1n) is 10.6. The summed E-state index contributed by atoms with van der Waals surface area (Å²) in [6.07, 6.45) is 6.13. The van der Waals surface area contributed by atoms with Crippen molar-refractivity contribution in [2.45, 2.75) is 19.4 Å².